The van der Waals surface area contributed by atoms with Gasteiger partial charge in [-0.15, -0.1) is 6.58 Å². The number of hydroxylamine groups is 2. The molecule has 3 heteroatoms. The van der Waals surface area contributed by atoms with E-state index in [1.165, 1.54) is 5.06 Å². The van der Waals surface area contributed by atoms with Crippen molar-refractivity contribution in [2.45, 2.75) is 19.4 Å². The van der Waals surface area contributed by atoms with Crippen LogP contribution in [0.25, 0.3) is 0 Å². The first kappa shape index (κ1) is 12.5. The van der Waals surface area contributed by atoms with Crippen molar-refractivity contribution in [1.29, 1.82) is 0 Å². The maximum absolute atomic E-state index is 10.7. The molecule has 0 bridgehead atoms. The maximum Gasteiger partial charge on any atom is 0.233 e. The molecule has 86 valence electrons. The van der Waals surface area contributed by atoms with Crippen LogP contribution >= 0.6 is 0 Å². The van der Waals surface area contributed by atoms with Crippen molar-refractivity contribution in [3.63, 3.8) is 0 Å². The van der Waals surface area contributed by atoms with E-state index < -0.39 is 0 Å². The summed E-state index contributed by atoms with van der Waals surface area (Å²) in [5.74, 6) is 0. The lowest BCUT2D eigenvalue weighted by atomic mass is 10.2. The highest BCUT2D eigenvalue weighted by Gasteiger charge is 2.01. The molecule has 0 saturated carbocycles. The van der Waals surface area contributed by atoms with E-state index in [1.807, 2.05) is 36.4 Å². The van der Waals surface area contributed by atoms with Crippen LogP contribution in [0.3, 0.4) is 0 Å². The van der Waals surface area contributed by atoms with Crippen LogP contribution in [0, 0.1) is 0 Å². The van der Waals surface area contributed by atoms with E-state index in [0.29, 0.717) is 19.6 Å². The molecule has 0 atom stereocenters. The number of carbonyl (C=O) groups is 1. The summed E-state index contributed by atoms with van der Waals surface area (Å²) in [6, 6.07) is 9.77. The van der Waals surface area contributed by atoms with Crippen molar-refractivity contribution in [3.8, 4) is 0 Å². The van der Waals surface area contributed by atoms with Crippen LogP contribution in [0.15, 0.2) is 43.0 Å². The second kappa shape index (κ2) is 7.65. The third-order valence-corrected chi connectivity index (χ3v) is 2.14. The Kier molecular flexibility index (Phi) is 5.96. The lowest BCUT2D eigenvalue weighted by Gasteiger charge is -2.16. The summed E-state index contributed by atoms with van der Waals surface area (Å²) in [5, 5.41) is 1.33. The third-order valence-electron chi connectivity index (χ3n) is 2.14. The van der Waals surface area contributed by atoms with Crippen molar-refractivity contribution in [2.75, 3.05) is 6.54 Å². The fourth-order valence-electron chi connectivity index (χ4n) is 1.27. The average molecular weight is 219 g/mol. The smallest absolute Gasteiger partial charge is 0.233 e. The number of allylic oxidation sites excluding steroid dienone is 1. The number of rotatable bonds is 8. The van der Waals surface area contributed by atoms with Crippen molar-refractivity contribution in [3.05, 3.63) is 48.6 Å². The Morgan fingerprint density at radius 1 is 1.31 bits per heavy atom. The Bertz CT molecular complexity index is 311. The molecular formula is C13H17NO2. The number of benzene rings is 1. The quantitative estimate of drug-likeness (QED) is 0.291. The molecule has 16 heavy (non-hydrogen) atoms. The minimum atomic E-state index is 0.424. The van der Waals surface area contributed by atoms with Gasteiger partial charge < -0.3 is 0 Å². The summed E-state index contributed by atoms with van der Waals surface area (Å²) in [7, 11) is 0. The molecule has 3 nitrogen and oxygen atoms in total. The lowest BCUT2D eigenvalue weighted by molar-refractivity contribution is -0.177. The van der Waals surface area contributed by atoms with Gasteiger partial charge in [-0.2, -0.15) is 0 Å². The largest absolute Gasteiger partial charge is 0.276 e. The number of carbonyl (C=O) groups excluding carboxylic acids is 1. The zero-order valence-corrected chi connectivity index (χ0v) is 9.34. The summed E-state index contributed by atoms with van der Waals surface area (Å²) >= 11 is 0. The molecule has 0 heterocycles. The second-order valence-electron chi connectivity index (χ2n) is 3.44. The second-order valence-corrected chi connectivity index (χ2v) is 3.44. The number of unbranched alkanes of at least 4 members (excludes halogenated alkanes) is 1. The topological polar surface area (TPSA) is 29.5 Å². The predicted molar refractivity (Wildman–Crippen MR) is 63.4 cm³/mol. The fourth-order valence-corrected chi connectivity index (χ4v) is 1.27. The monoisotopic (exact) mass is 219 g/mol. The van der Waals surface area contributed by atoms with Crippen LogP contribution in [0.5, 0.6) is 0 Å². The molecule has 0 fully saturated rings. The Morgan fingerprint density at radius 3 is 2.69 bits per heavy atom. The summed E-state index contributed by atoms with van der Waals surface area (Å²) in [5.41, 5.74) is 1.05. The Morgan fingerprint density at radius 2 is 2.06 bits per heavy atom. The van der Waals surface area contributed by atoms with Crippen LogP contribution < -0.4 is 0 Å². The molecular weight excluding hydrogens is 202 g/mol. The summed E-state index contributed by atoms with van der Waals surface area (Å²) < 4.78 is 0. The van der Waals surface area contributed by atoms with Crippen molar-refractivity contribution in [1.82, 2.24) is 5.06 Å². The molecule has 1 amide bonds. The summed E-state index contributed by atoms with van der Waals surface area (Å²) in [6.07, 6.45) is 4.31. The number of nitrogens with zero attached hydrogens (tertiary/aromatic N) is 1. The lowest BCUT2D eigenvalue weighted by Crippen LogP contribution is -2.23. The van der Waals surface area contributed by atoms with Gasteiger partial charge >= 0.3 is 0 Å². The van der Waals surface area contributed by atoms with Crippen LogP contribution in [0.1, 0.15) is 18.4 Å². The van der Waals surface area contributed by atoms with Crippen LogP contribution in [0.4, 0.5) is 0 Å². The van der Waals surface area contributed by atoms with Gasteiger partial charge in [-0.05, 0) is 18.4 Å². The molecule has 0 saturated heterocycles. The first-order chi connectivity index (χ1) is 7.86. The van der Waals surface area contributed by atoms with Gasteiger partial charge in [0.05, 0.1) is 0 Å². The van der Waals surface area contributed by atoms with E-state index >= 15 is 0 Å². The van der Waals surface area contributed by atoms with Gasteiger partial charge in [0.2, 0.25) is 6.41 Å². The zero-order chi connectivity index (χ0) is 11.6. The van der Waals surface area contributed by atoms with Crippen LogP contribution in [0.2, 0.25) is 0 Å². The van der Waals surface area contributed by atoms with Gasteiger partial charge in [0.25, 0.3) is 0 Å². The minimum Gasteiger partial charge on any atom is -0.276 e. The standard InChI is InChI=1S/C13H17NO2/c1-2-3-7-10-14(12-15)16-11-13-8-5-4-6-9-13/h2,4-6,8-9,12H,1,3,7,10-11H2. The highest BCUT2D eigenvalue weighted by Crippen LogP contribution is 2.03. The van der Waals surface area contributed by atoms with Crippen LogP contribution in [-0.4, -0.2) is 18.0 Å². The first-order valence-electron chi connectivity index (χ1n) is 5.36. The molecule has 1 aromatic rings. The highest BCUT2D eigenvalue weighted by molar-refractivity contribution is 5.44. The SMILES string of the molecule is C=CCCCN(C=O)OCc1ccccc1. The molecule has 0 aliphatic rings. The van der Waals surface area contributed by atoms with Gasteiger partial charge in [-0.1, -0.05) is 36.4 Å². The molecule has 0 aromatic heterocycles. The van der Waals surface area contributed by atoms with E-state index in [-0.39, 0.29) is 0 Å². The Labute approximate surface area is 96.3 Å². The van der Waals surface area contributed by atoms with Gasteiger partial charge in [0.1, 0.15) is 6.61 Å². The molecule has 0 spiro atoms. The van der Waals surface area contributed by atoms with E-state index in [4.69, 9.17) is 4.84 Å². The molecule has 1 rings (SSSR count). The highest BCUT2D eigenvalue weighted by atomic mass is 16.7. The number of hydrogen-bond acceptors (Lipinski definition) is 2. The Hall–Kier alpha value is -1.61. The molecule has 1 aromatic carbocycles. The maximum atomic E-state index is 10.7. The van der Waals surface area contributed by atoms with Crippen molar-refractivity contribution in [2.24, 2.45) is 0 Å². The Balaban J connectivity index is 2.28. The molecule has 0 radical (unpaired) electrons. The first-order valence-corrected chi connectivity index (χ1v) is 5.36. The van der Waals surface area contributed by atoms with Gasteiger partial charge in [-0.25, -0.2) is 5.06 Å². The van der Waals surface area contributed by atoms with E-state index in [0.717, 1.165) is 18.4 Å². The minimum absolute atomic E-state index is 0.424. The molecule has 0 unspecified atom stereocenters. The predicted octanol–water partition coefficient (Wildman–Crippen LogP) is 2.54. The van der Waals surface area contributed by atoms with Crippen molar-refractivity contribution >= 4 is 6.41 Å². The van der Waals surface area contributed by atoms with Gasteiger partial charge in [0, 0.05) is 6.54 Å². The van der Waals surface area contributed by atoms with E-state index in [1.54, 1.807) is 0 Å². The molecule has 0 N–H and O–H groups in total. The fraction of sp³-hybridized carbons (Fsp3) is 0.308. The van der Waals surface area contributed by atoms with Gasteiger partial charge in [-0.3, -0.25) is 9.63 Å². The van der Waals surface area contributed by atoms with E-state index in [9.17, 15) is 4.79 Å². The molecule has 0 aliphatic carbocycles. The van der Waals surface area contributed by atoms with Crippen LogP contribution in [-0.2, 0) is 16.2 Å². The number of hydrogen-bond donors (Lipinski definition) is 0. The number of amides is 1. The normalized spacial score (nSPS) is 9.75. The zero-order valence-electron chi connectivity index (χ0n) is 9.34. The average Bonchev–Trinajstić information content (AvgIpc) is 2.35. The summed E-state index contributed by atoms with van der Waals surface area (Å²) in [4.78, 5) is 16.1. The van der Waals surface area contributed by atoms with E-state index in [2.05, 4.69) is 6.58 Å². The molecule has 0 aliphatic heterocycles. The third kappa shape index (κ3) is 4.75. The van der Waals surface area contributed by atoms with Gasteiger partial charge in [0.15, 0.2) is 0 Å². The summed E-state index contributed by atoms with van der Waals surface area (Å²) in [6.45, 7) is 4.65. The van der Waals surface area contributed by atoms with Crippen molar-refractivity contribution < 1.29 is 9.63 Å².